The van der Waals surface area contributed by atoms with E-state index >= 15 is 0 Å². The fourth-order valence-electron chi connectivity index (χ4n) is 2.07. The molecule has 1 N–H and O–H groups in total. The molecule has 0 aliphatic heterocycles. The summed E-state index contributed by atoms with van der Waals surface area (Å²) in [5.41, 5.74) is 0.190. The lowest BCUT2D eigenvalue weighted by Crippen LogP contribution is -2.34. The number of nitro groups is 1. The average molecular weight is 300 g/mol. The lowest BCUT2D eigenvalue weighted by molar-refractivity contribution is -0.385. The van der Waals surface area contributed by atoms with Crippen molar-refractivity contribution in [3.8, 4) is 0 Å². The minimum atomic E-state index is -1.08. The van der Waals surface area contributed by atoms with Crippen LogP contribution in [0.4, 0.5) is 11.5 Å². The molecule has 1 aromatic heterocycles. The van der Waals surface area contributed by atoms with Crippen LogP contribution in [0.2, 0.25) is 0 Å². The summed E-state index contributed by atoms with van der Waals surface area (Å²) in [6.07, 6.45) is 0. The van der Waals surface area contributed by atoms with E-state index < -0.39 is 10.9 Å². The normalized spacial score (nSPS) is 10.9. The van der Waals surface area contributed by atoms with Gasteiger partial charge in [-0.3, -0.25) is 14.9 Å². The zero-order valence-corrected chi connectivity index (χ0v) is 12.6. The van der Waals surface area contributed by atoms with Crippen molar-refractivity contribution >= 4 is 17.5 Å². The molecule has 0 fully saturated rings. The molecule has 0 unspecified atom stereocenters. The summed E-state index contributed by atoms with van der Waals surface area (Å²) in [4.78, 5) is 23.2. The van der Waals surface area contributed by atoms with Crippen molar-refractivity contribution in [2.45, 2.75) is 19.8 Å². The number of aromatic nitrogens is 2. The number of aryl methyl sites for hydroxylation is 1. The molecule has 0 spiro atoms. The van der Waals surface area contributed by atoms with Crippen LogP contribution in [0.5, 0.6) is 0 Å². The Morgan fingerprint density at radius 1 is 1.57 bits per heavy atom. The number of aliphatic carboxylic acids is 1. The van der Waals surface area contributed by atoms with Gasteiger partial charge in [0, 0.05) is 26.6 Å². The lowest BCUT2D eigenvalue weighted by Gasteiger charge is -2.21. The SMILES string of the molecule is COCCN(CC(=O)O)c1c([N+](=O)[O-])c(C(C)C)nn1C. The average Bonchev–Trinajstić information content (AvgIpc) is 2.72. The number of anilines is 1. The molecule has 0 atom stereocenters. The van der Waals surface area contributed by atoms with Crippen molar-refractivity contribution in [2.75, 3.05) is 31.7 Å². The van der Waals surface area contributed by atoms with Crippen molar-refractivity contribution in [2.24, 2.45) is 7.05 Å². The molecule has 0 aliphatic rings. The standard InChI is InChI=1S/C12H20N4O5/c1-8(2)10-11(16(19)20)12(14(3)13-10)15(5-6-21-4)7-9(17)18/h8H,5-7H2,1-4H3,(H,17,18). The van der Waals surface area contributed by atoms with Crippen LogP contribution in [-0.4, -0.2) is 52.6 Å². The second kappa shape index (κ2) is 7.02. The van der Waals surface area contributed by atoms with E-state index in [1.165, 1.54) is 16.7 Å². The summed E-state index contributed by atoms with van der Waals surface area (Å²) in [5.74, 6) is -1.03. The summed E-state index contributed by atoms with van der Waals surface area (Å²) < 4.78 is 6.29. The van der Waals surface area contributed by atoms with Gasteiger partial charge in [0.2, 0.25) is 5.82 Å². The minimum Gasteiger partial charge on any atom is -0.480 e. The molecule has 1 aromatic rings. The second-order valence-corrected chi connectivity index (χ2v) is 4.90. The van der Waals surface area contributed by atoms with Gasteiger partial charge in [0.05, 0.1) is 11.5 Å². The van der Waals surface area contributed by atoms with Crippen LogP contribution in [0.3, 0.4) is 0 Å². The summed E-state index contributed by atoms with van der Waals surface area (Å²) in [6.45, 7) is 3.72. The van der Waals surface area contributed by atoms with Crippen molar-refractivity contribution < 1.29 is 19.6 Å². The zero-order chi connectivity index (χ0) is 16.2. The van der Waals surface area contributed by atoms with E-state index in [-0.39, 0.29) is 37.1 Å². The molecule has 0 aliphatic carbocycles. The van der Waals surface area contributed by atoms with Gasteiger partial charge in [-0.1, -0.05) is 13.8 Å². The van der Waals surface area contributed by atoms with Crippen LogP contribution in [0.25, 0.3) is 0 Å². The number of carbonyl (C=O) groups is 1. The Hall–Kier alpha value is -2.16. The number of hydrogen-bond donors (Lipinski definition) is 1. The fourth-order valence-corrected chi connectivity index (χ4v) is 2.07. The smallest absolute Gasteiger partial charge is 0.334 e. The summed E-state index contributed by atoms with van der Waals surface area (Å²) >= 11 is 0. The molecule has 21 heavy (non-hydrogen) atoms. The van der Waals surface area contributed by atoms with Gasteiger partial charge < -0.3 is 14.7 Å². The van der Waals surface area contributed by atoms with Gasteiger partial charge in [-0.25, -0.2) is 4.68 Å². The molecule has 0 aromatic carbocycles. The van der Waals surface area contributed by atoms with E-state index in [0.717, 1.165) is 0 Å². The highest BCUT2D eigenvalue weighted by molar-refractivity contribution is 5.75. The van der Waals surface area contributed by atoms with Crippen LogP contribution < -0.4 is 4.90 Å². The maximum atomic E-state index is 11.4. The minimum absolute atomic E-state index is 0.139. The highest BCUT2D eigenvalue weighted by Crippen LogP contribution is 2.35. The molecule has 1 rings (SSSR count). The highest BCUT2D eigenvalue weighted by atomic mass is 16.6. The first-order valence-corrected chi connectivity index (χ1v) is 6.46. The van der Waals surface area contributed by atoms with Crippen LogP contribution in [0.1, 0.15) is 25.5 Å². The first-order chi connectivity index (χ1) is 9.79. The molecule has 0 bridgehead atoms. The molecule has 9 heteroatoms. The van der Waals surface area contributed by atoms with E-state index in [9.17, 15) is 14.9 Å². The van der Waals surface area contributed by atoms with E-state index in [2.05, 4.69) is 5.10 Å². The number of carboxylic acid groups (broad SMARTS) is 1. The Labute approximate surface area is 122 Å². The maximum absolute atomic E-state index is 11.4. The first-order valence-electron chi connectivity index (χ1n) is 6.46. The van der Waals surface area contributed by atoms with Crippen molar-refractivity contribution in [3.63, 3.8) is 0 Å². The molecule has 0 radical (unpaired) electrons. The predicted octanol–water partition coefficient (Wildman–Crippen LogP) is 0.989. The Morgan fingerprint density at radius 3 is 2.62 bits per heavy atom. The van der Waals surface area contributed by atoms with Crippen LogP contribution in [-0.2, 0) is 16.6 Å². The quantitative estimate of drug-likeness (QED) is 0.563. The van der Waals surface area contributed by atoms with Crippen molar-refractivity contribution in [1.82, 2.24) is 9.78 Å². The van der Waals surface area contributed by atoms with Crippen LogP contribution in [0, 0.1) is 10.1 Å². The number of nitrogens with zero attached hydrogens (tertiary/aromatic N) is 4. The Kier molecular flexibility index (Phi) is 5.65. The third kappa shape index (κ3) is 3.91. The topological polar surface area (TPSA) is 111 Å². The molecular formula is C12H20N4O5. The Balaban J connectivity index is 3.34. The Morgan fingerprint density at radius 2 is 2.19 bits per heavy atom. The summed E-state index contributed by atoms with van der Waals surface area (Å²) in [5, 5.41) is 24.5. The van der Waals surface area contributed by atoms with Gasteiger partial charge in [-0.05, 0) is 0 Å². The molecule has 0 saturated heterocycles. The van der Waals surface area contributed by atoms with Crippen molar-refractivity contribution in [1.29, 1.82) is 0 Å². The summed E-state index contributed by atoms with van der Waals surface area (Å²) in [7, 11) is 3.05. The number of methoxy groups -OCH3 is 1. The maximum Gasteiger partial charge on any atom is 0.334 e. The van der Waals surface area contributed by atoms with Crippen molar-refractivity contribution in [3.05, 3.63) is 15.8 Å². The first kappa shape index (κ1) is 16.9. The predicted molar refractivity (Wildman–Crippen MR) is 75.7 cm³/mol. The van der Waals surface area contributed by atoms with Gasteiger partial charge >= 0.3 is 11.7 Å². The van der Waals surface area contributed by atoms with E-state index in [4.69, 9.17) is 9.84 Å². The van der Waals surface area contributed by atoms with Gasteiger partial charge in [-0.2, -0.15) is 5.10 Å². The molecule has 0 saturated carbocycles. The number of rotatable bonds is 8. The molecule has 0 amide bonds. The largest absolute Gasteiger partial charge is 0.480 e. The number of hydrogen-bond acceptors (Lipinski definition) is 6. The van der Waals surface area contributed by atoms with Crippen LogP contribution >= 0.6 is 0 Å². The zero-order valence-electron chi connectivity index (χ0n) is 12.6. The van der Waals surface area contributed by atoms with E-state index in [1.807, 2.05) is 0 Å². The third-order valence-corrected chi connectivity index (χ3v) is 2.94. The van der Waals surface area contributed by atoms with Gasteiger partial charge in [-0.15, -0.1) is 0 Å². The molecule has 118 valence electrons. The van der Waals surface area contributed by atoms with Gasteiger partial charge in [0.1, 0.15) is 12.2 Å². The lowest BCUT2D eigenvalue weighted by atomic mass is 10.1. The number of carboxylic acids is 1. The van der Waals surface area contributed by atoms with Crippen LogP contribution in [0.15, 0.2) is 0 Å². The number of ether oxygens (including phenoxy) is 1. The van der Waals surface area contributed by atoms with Gasteiger partial charge in [0.15, 0.2) is 0 Å². The fraction of sp³-hybridized carbons (Fsp3) is 0.667. The van der Waals surface area contributed by atoms with Gasteiger partial charge in [0.25, 0.3) is 0 Å². The highest BCUT2D eigenvalue weighted by Gasteiger charge is 2.32. The third-order valence-electron chi connectivity index (χ3n) is 2.94. The summed E-state index contributed by atoms with van der Waals surface area (Å²) in [6, 6.07) is 0. The molecule has 9 nitrogen and oxygen atoms in total. The monoisotopic (exact) mass is 300 g/mol. The Bertz CT molecular complexity index is 526. The van der Waals surface area contributed by atoms with E-state index in [1.54, 1.807) is 20.9 Å². The second-order valence-electron chi connectivity index (χ2n) is 4.90. The molecular weight excluding hydrogens is 280 g/mol. The molecule has 1 heterocycles. The van der Waals surface area contributed by atoms with E-state index in [0.29, 0.717) is 5.69 Å².